The highest BCUT2D eigenvalue weighted by Crippen LogP contribution is 2.19. The van der Waals surface area contributed by atoms with Gasteiger partial charge < -0.3 is 14.6 Å². The van der Waals surface area contributed by atoms with Gasteiger partial charge >= 0.3 is 0 Å². The minimum absolute atomic E-state index is 0.111. The lowest BCUT2D eigenvalue weighted by Crippen LogP contribution is -2.55. The van der Waals surface area contributed by atoms with Gasteiger partial charge in [0.1, 0.15) is 6.04 Å². The number of nitrogens with zero attached hydrogens (tertiary/aromatic N) is 3. The van der Waals surface area contributed by atoms with Crippen molar-refractivity contribution in [1.29, 1.82) is 5.26 Å². The molecule has 11 heteroatoms. The number of thioether (sulfide) groups is 1. The van der Waals surface area contributed by atoms with Crippen molar-refractivity contribution in [3.8, 4) is 6.07 Å². The summed E-state index contributed by atoms with van der Waals surface area (Å²) in [5.41, 5.74) is 0.382. The van der Waals surface area contributed by atoms with Crippen molar-refractivity contribution in [2.24, 2.45) is 0 Å². The standard InChI is InChI=1S/C21H24N4O5S2/c1-31-14-8-18(23-20(26)19-3-2-13-30-19)21(27)24-9-11-25(12-10-24)32(28,29)17-6-4-16(15-22)5-7-17/h2-7,13,18H,8-12,14H2,1H3,(H,23,26)/t18-/m0/s1. The Labute approximate surface area is 191 Å². The van der Waals surface area contributed by atoms with Crippen LogP contribution in [0.2, 0.25) is 0 Å². The second-order valence-electron chi connectivity index (χ2n) is 7.15. The van der Waals surface area contributed by atoms with E-state index in [1.807, 2.05) is 12.3 Å². The maximum Gasteiger partial charge on any atom is 0.287 e. The second-order valence-corrected chi connectivity index (χ2v) is 10.1. The normalized spacial score (nSPS) is 15.7. The van der Waals surface area contributed by atoms with Crippen LogP contribution in [0.25, 0.3) is 0 Å². The van der Waals surface area contributed by atoms with E-state index in [4.69, 9.17) is 9.68 Å². The van der Waals surface area contributed by atoms with Gasteiger partial charge in [-0.3, -0.25) is 9.59 Å². The SMILES string of the molecule is CSCC[C@H](NC(=O)c1ccco1)C(=O)N1CCN(S(=O)(=O)c2ccc(C#N)cc2)CC1. The fourth-order valence-electron chi connectivity index (χ4n) is 3.35. The molecule has 0 spiro atoms. The molecule has 0 radical (unpaired) electrons. The lowest BCUT2D eigenvalue weighted by atomic mass is 10.1. The van der Waals surface area contributed by atoms with Crippen molar-refractivity contribution < 1.29 is 22.4 Å². The third kappa shape index (κ3) is 5.51. The summed E-state index contributed by atoms with van der Waals surface area (Å²) in [4.78, 5) is 27.1. The molecule has 0 unspecified atom stereocenters. The number of carbonyl (C=O) groups is 2. The Hall–Kier alpha value is -2.81. The number of hydrogen-bond acceptors (Lipinski definition) is 7. The molecular weight excluding hydrogens is 452 g/mol. The first-order valence-corrected chi connectivity index (χ1v) is 12.8. The summed E-state index contributed by atoms with van der Waals surface area (Å²) in [6.45, 7) is 0.742. The molecular formula is C21H24N4O5S2. The predicted octanol–water partition coefficient (Wildman–Crippen LogP) is 1.54. The Morgan fingerprint density at radius 2 is 1.88 bits per heavy atom. The first-order chi connectivity index (χ1) is 15.4. The molecule has 0 saturated carbocycles. The fraction of sp³-hybridized carbons (Fsp3) is 0.381. The quantitative estimate of drug-likeness (QED) is 0.613. The first-order valence-electron chi connectivity index (χ1n) is 9.99. The lowest BCUT2D eigenvalue weighted by Gasteiger charge is -2.35. The summed E-state index contributed by atoms with van der Waals surface area (Å²) in [7, 11) is -3.72. The van der Waals surface area contributed by atoms with E-state index in [0.717, 1.165) is 0 Å². The molecule has 2 amide bonds. The molecule has 1 aliphatic rings. The molecule has 2 aromatic rings. The number of benzene rings is 1. The highest BCUT2D eigenvalue weighted by atomic mass is 32.2. The minimum Gasteiger partial charge on any atom is -0.459 e. The maximum absolute atomic E-state index is 13.1. The third-order valence-corrected chi connectivity index (χ3v) is 7.69. The summed E-state index contributed by atoms with van der Waals surface area (Å²) in [6, 6.07) is 10.1. The van der Waals surface area contributed by atoms with E-state index in [9.17, 15) is 18.0 Å². The lowest BCUT2D eigenvalue weighted by molar-refractivity contribution is -0.134. The predicted molar refractivity (Wildman–Crippen MR) is 119 cm³/mol. The zero-order valence-electron chi connectivity index (χ0n) is 17.6. The second kappa shape index (κ2) is 10.7. The van der Waals surface area contributed by atoms with E-state index < -0.39 is 22.0 Å². The Bertz CT molecular complexity index is 1070. The van der Waals surface area contributed by atoms with E-state index in [1.165, 1.54) is 40.9 Å². The van der Waals surface area contributed by atoms with Gasteiger partial charge in [0.25, 0.3) is 5.91 Å². The van der Waals surface area contributed by atoms with E-state index in [2.05, 4.69) is 5.32 Å². The summed E-state index contributed by atoms with van der Waals surface area (Å²) < 4.78 is 32.2. The Balaban J connectivity index is 1.64. The highest BCUT2D eigenvalue weighted by molar-refractivity contribution is 7.98. The van der Waals surface area contributed by atoms with Crippen molar-refractivity contribution >= 4 is 33.6 Å². The number of furan rings is 1. The van der Waals surface area contributed by atoms with Crippen molar-refractivity contribution in [2.75, 3.05) is 38.2 Å². The van der Waals surface area contributed by atoms with Crippen LogP contribution < -0.4 is 5.32 Å². The largest absolute Gasteiger partial charge is 0.459 e. The zero-order chi connectivity index (χ0) is 23.1. The molecule has 1 aromatic heterocycles. The van der Waals surface area contributed by atoms with E-state index >= 15 is 0 Å². The van der Waals surface area contributed by atoms with Crippen LogP contribution in [-0.4, -0.2) is 73.7 Å². The Morgan fingerprint density at radius 3 is 2.44 bits per heavy atom. The van der Waals surface area contributed by atoms with Crippen LogP contribution in [0.4, 0.5) is 0 Å². The number of carbonyl (C=O) groups excluding carboxylic acids is 2. The van der Waals surface area contributed by atoms with Crippen LogP contribution in [0.5, 0.6) is 0 Å². The van der Waals surface area contributed by atoms with Gasteiger partial charge in [-0.2, -0.15) is 21.3 Å². The van der Waals surface area contributed by atoms with Gasteiger partial charge in [-0.05, 0) is 54.8 Å². The summed E-state index contributed by atoms with van der Waals surface area (Å²) >= 11 is 1.57. The fourth-order valence-corrected chi connectivity index (χ4v) is 5.24. The van der Waals surface area contributed by atoms with Crippen molar-refractivity contribution in [3.63, 3.8) is 0 Å². The Morgan fingerprint density at radius 1 is 1.19 bits per heavy atom. The average molecular weight is 477 g/mol. The van der Waals surface area contributed by atoms with Gasteiger partial charge in [0.15, 0.2) is 5.76 Å². The number of nitrogens with one attached hydrogen (secondary N) is 1. The van der Waals surface area contributed by atoms with Crippen LogP contribution in [0, 0.1) is 11.3 Å². The van der Waals surface area contributed by atoms with Crippen LogP contribution in [0.1, 0.15) is 22.5 Å². The molecule has 170 valence electrons. The smallest absolute Gasteiger partial charge is 0.287 e. The van der Waals surface area contributed by atoms with Gasteiger partial charge in [0.2, 0.25) is 15.9 Å². The number of sulfonamides is 1. The molecule has 9 nitrogen and oxygen atoms in total. The van der Waals surface area contributed by atoms with Crippen LogP contribution in [0.15, 0.2) is 52.0 Å². The van der Waals surface area contributed by atoms with Crippen molar-refractivity contribution in [3.05, 3.63) is 54.0 Å². The molecule has 32 heavy (non-hydrogen) atoms. The Kier molecular flexibility index (Phi) is 7.95. The van der Waals surface area contributed by atoms with Gasteiger partial charge in [-0.15, -0.1) is 0 Å². The van der Waals surface area contributed by atoms with E-state index in [0.29, 0.717) is 17.7 Å². The van der Waals surface area contributed by atoms with Crippen LogP contribution in [0.3, 0.4) is 0 Å². The average Bonchev–Trinajstić information content (AvgIpc) is 3.36. The molecule has 1 N–H and O–H groups in total. The summed E-state index contributed by atoms with van der Waals surface area (Å²) in [5.74, 6) is 0.109. The molecule has 2 heterocycles. The molecule has 0 aliphatic carbocycles. The molecule has 1 aromatic carbocycles. The first kappa shape index (κ1) is 23.8. The molecule has 3 rings (SSSR count). The van der Waals surface area contributed by atoms with E-state index in [-0.39, 0.29) is 42.7 Å². The van der Waals surface area contributed by atoms with Crippen molar-refractivity contribution in [2.45, 2.75) is 17.4 Å². The van der Waals surface area contributed by atoms with Gasteiger partial charge in [-0.25, -0.2) is 8.42 Å². The molecule has 1 atom stereocenters. The molecule has 1 aliphatic heterocycles. The van der Waals surface area contributed by atoms with Gasteiger partial charge in [-0.1, -0.05) is 0 Å². The van der Waals surface area contributed by atoms with Crippen molar-refractivity contribution in [1.82, 2.24) is 14.5 Å². The monoisotopic (exact) mass is 476 g/mol. The number of nitriles is 1. The topological polar surface area (TPSA) is 124 Å². The number of piperazine rings is 1. The van der Waals surface area contributed by atoms with Crippen LogP contribution >= 0.6 is 11.8 Å². The van der Waals surface area contributed by atoms with Gasteiger partial charge in [0.05, 0.1) is 22.8 Å². The maximum atomic E-state index is 13.1. The molecule has 0 bridgehead atoms. The van der Waals surface area contributed by atoms with Crippen LogP contribution in [-0.2, 0) is 14.8 Å². The number of rotatable bonds is 8. The summed E-state index contributed by atoms with van der Waals surface area (Å²) in [5, 5.41) is 11.6. The summed E-state index contributed by atoms with van der Waals surface area (Å²) in [6.07, 6.45) is 3.76. The van der Waals surface area contributed by atoms with Gasteiger partial charge in [0, 0.05) is 26.2 Å². The zero-order valence-corrected chi connectivity index (χ0v) is 19.2. The molecule has 1 saturated heterocycles. The molecule has 1 fully saturated rings. The third-order valence-electron chi connectivity index (χ3n) is 5.13. The highest BCUT2D eigenvalue weighted by Gasteiger charge is 2.33. The number of amides is 2. The van der Waals surface area contributed by atoms with E-state index in [1.54, 1.807) is 22.7 Å². The minimum atomic E-state index is -3.72. The number of hydrogen-bond donors (Lipinski definition) is 1.